The molecule has 0 aromatic carbocycles. The minimum atomic E-state index is -0.383. The predicted octanol–water partition coefficient (Wildman–Crippen LogP) is 2.82. The lowest BCUT2D eigenvalue weighted by Gasteiger charge is -2.09. The third-order valence-electron chi connectivity index (χ3n) is 2.93. The third-order valence-corrected chi connectivity index (χ3v) is 2.93. The zero-order valence-electron chi connectivity index (χ0n) is 11.2. The lowest BCUT2D eigenvalue weighted by atomic mass is 10.2. The van der Waals surface area contributed by atoms with E-state index in [-0.39, 0.29) is 12.0 Å². The molecule has 5 heteroatoms. The van der Waals surface area contributed by atoms with E-state index in [1.165, 1.54) is 7.11 Å². The van der Waals surface area contributed by atoms with E-state index in [9.17, 15) is 4.79 Å². The highest BCUT2D eigenvalue weighted by molar-refractivity contribution is 5.90. The number of furan rings is 2. The summed E-state index contributed by atoms with van der Waals surface area (Å²) in [6.45, 7) is 4.25. The van der Waals surface area contributed by atoms with Gasteiger partial charge in [0.15, 0.2) is 0 Å². The Kier molecular flexibility index (Phi) is 4.06. The maximum atomic E-state index is 11.5. The average Bonchev–Trinajstić information content (AvgIpc) is 3.04. The van der Waals surface area contributed by atoms with Gasteiger partial charge in [0.2, 0.25) is 0 Å². The summed E-state index contributed by atoms with van der Waals surface area (Å²) in [5, 5.41) is 3.26. The summed E-state index contributed by atoms with van der Waals surface area (Å²) in [5.74, 6) is 1.73. The van der Waals surface area contributed by atoms with Crippen LogP contribution in [0.15, 0.2) is 33.3 Å². The van der Waals surface area contributed by atoms with E-state index in [1.807, 2.05) is 19.1 Å². The second-order valence-electron chi connectivity index (χ2n) is 4.29. The van der Waals surface area contributed by atoms with Crippen LogP contribution in [0.1, 0.15) is 40.6 Å². The quantitative estimate of drug-likeness (QED) is 0.840. The van der Waals surface area contributed by atoms with Crippen molar-refractivity contribution in [2.45, 2.75) is 26.4 Å². The molecule has 1 atom stereocenters. The highest BCUT2D eigenvalue weighted by Gasteiger charge is 2.16. The summed E-state index contributed by atoms with van der Waals surface area (Å²) in [6, 6.07) is 5.52. The molecule has 2 aromatic rings. The van der Waals surface area contributed by atoms with E-state index in [0.717, 1.165) is 5.76 Å². The lowest BCUT2D eigenvalue weighted by molar-refractivity contribution is 0.0599. The van der Waals surface area contributed by atoms with Crippen molar-refractivity contribution in [3.8, 4) is 0 Å². The van der Waals surface area contributed by atoms with Crippen LogP contribution < -0.4 is 5.32 Å². The Morgan fingerprint density at radius 1 is 1.53 bits per heavy atom. The van der Waals surface area contributed by atoms with Crippen molar-refractivity contribution in [1.82, 2.24) is 5.32 Å². The first-order valence-corrected chi connectivity index (χ1v) is 6.06. The molecule has 19 heavy (non-hydrogen) atoms. The third kappa shape index (κ3) is 3.06. The van der Waals surface area contributed by atoms with Gasteiger partial charge in [-0.05, 0) is 32.0 Å². The standard InChI is InChI=1S/C14H17NO4/c1-9(13-5-4-6-18-13)15-8-11-7-12(10(2)19-11)14(16)17-3/h4-7,9,15H,8H2,1-3H3. The molecule has 1 unspecified atom stereocenters. The van der Waals surface area contributed by atoms with Crippen LogP contribution in [0.4, 0.5) is 0 Å². The van der Waals surface area contributed by atoms with Gasteiger partial charge in [-0.3, -0.25) is 0 Å². The van der Waals surface area contributed by atoms with Gasteiger partial charge >= 0.3 is 5.97 Å². The summed E-state index contributed by atoms with van der Waals surface area (Å²) in [4.78, 5) is 11.5. The normalized spacial score (nSPS) is 12.4. The molecule has 0 amide bonds. The van der Waals surface area contributed by atoms with Crippen molar-refractivity contribution in [1.29, 1.82) is 0 Å². The van der Waals surface area contributed by atoms with Crippen LogP contribution in [-0.2, 0) is 11.3 Å². The molecule has 0 saturated carbocycles. The summed E-state index contributed by atoms with van der Waals surface area (Å²) in [5.41, 5.74) is 0.463. The number of ether oxygens (including phenoxy) is 1. The first-order valence-electron chi connectivity index (χ1n) is 6.06. The number of aryl methyl sites for hydroxylation is 1. The van der Waals surface area contributed by atoms with Crippen molar-refractivity contribution in [3.05, 3.63) is 47.3 Å². The van der Waals surface area contributed by atoms with Crippen LogP contribution in [0.2, 0.25) is 0 Å². The Hall–Kier alpha value is -2.01. The molecule has 5 nitrogen and oxygen atoms in total. The van der Waals surface area contributed by atoms with Crippen LogP contribution in [0.3, 0.4) is 0 Å². The molecule has 102 valence electrons. The zero-order chi connectivity index (χ0) is 13.8. The molecule has 0 fully saturated rings. The van der Waals surface area contributed by atoms with Gasteiger partial charge in [-0.25, -0.2) is 4.79 Å². The Morgan fingerprint density at radius 3 is 2.95 bits per heavy atom. The summed E-state index contributed by atoms with van der Waals surface area (Å²) >= 11 is 0. The van der Waals surface area contributed by atoms with Crippen LogP contribution in [0.25, 0.3) is 0 Å². The number of hydrogen-bond acceptors (Lipinski definition) is 5. The summed E-state index contributed by atoms with van der Waals surface area (Å²) < 4.78 is 15.5. The smallest absolute Gasteiger partial charge is 0.341 e. The van der Waals surface area contributed by atoms with E-state index in [0.29, 0.717) is 23.6 Å². The summed E-state index contributed by atoms with van der Waals surface area (Å²) in [7, 11) is 1.35. The van der Waals surface area contributed by atoms with Gasteiger partial charge in [0.05, 0.1) is 26.0 Å². The van der Waals surface area contributed by atoms with Gasteiger partial charge in [-0.1, -0.05) is 0 Å². The van der Waals surface area contributed by atoms with Gasteiger partial charge < -0.3 is 18.9 Å². The largest absolute Gasteiger partial charge is 0.468 e. The number of methoxy groups -OCH3 is 1. The number of nitrogens with one attached hydrogen (secondary N) is 1. The summed E-state index contributed by atoms with van der Waals surface area (Å²) in [6.07, 6.45) is 1.64. The number of hydrogen-bond donors (Lipinski definition) is 1. The maximum Gasteiger partial charge on any atom is 0.341 e. The van der Waals surface area contributed by atoms with Crippen LogP contribution >= 0.6 is 0 Å². The fourth-order valence-corrected chi connectivity index (χ4v) is 1.84. The molecule has 0 aliphatic rings. The number of carbonyl (C=O) groups is 1. The second-order valence-corrected chi connectivity index (χ2v) is 4.29. The molecule has 2 heterocycles. The molecule has 0 radical (unpaired) electrons. The second kappa shape index (κ2) is 5.75. The van der Waals surface area contributed by atoms with Crippen molar-refractivity contribution >= 4 is 5.97 Å². The van der Waals surface area contributed by atoms with E-state index < -0.39 is 0 Å². The monoisotopic (exact) mass is 263 g/mol. The average molecular weight is 263 g/mol. The Morgan fingerprint density at radius 2 is 2.32 bits per heavy atom. The number of esters is 1. The highest BCUT2D eigenvalue weighted by Crippen LogP contribution is 2.17. The zero-order valence-corrected chi connectivity index (χ0v) is 11.2. The molecule has 2 rings (SSSR count). The van der Waals surface area contributed by atoms with Gasteiger partial charge in [0, 0.05) is 0 Å². The van der Waals surface area contributed by atoms with E-state index in [4.69, 9.17) is 8.83 Å². The Balaban J connectivity index is 1.98. The molecule has 0 aliphatic heterocycles. The van der Waals surface area contributed by atoms with Crippen molar-refractivity contribution < 1.29 is 18.4 Å². The van der Waals surface area contributed by atoms with Crippen molar-refractivity contribution in [2.24, 2.45) is 0 Å². The van der Waals surface area contributed by atoms with Crippen LogP contribution in [-0.4, -0.2) is 13.1 Å². The molecule has 0 bridgehead atoms. The minimum absolute atomic E-state index is 0.0713. The van der Waals surface area contributed by atoms with Gasteiger partial charge in [0.25, 0.3) is 0 Å². The van der Waals surface area contributed by atoms with Gasteiger partial charge in [-0.15, -0.1) is 0 Å². The number of carbonyl (C=O) groups excluding carboxylic acids is 1. The highest BCUT2D eigenvalue weighted by atomic mass is 16.5. The van der Waals surface area contributed by atoms with Crippen molar-refractivity contribution in [2.75, 3.05) is 7.11 Å². The molecular formula is C14H17NO4. The maximum absolute atomic E-state index is 11.5. The fourth-order valence-electron chi connectivity index (χ4n) is 1.84. The van der Waals surface area contributed by atoms with Crippen LogP contribution in [0, 0.1) is 6.92 Å². The fraction of sp³-hybridized carbons (Fsp3) is 0.357. The molecule has 2 aromatic heterocycles. The molecule has 0 saturated heterocycles. The van der Waals surface area contributed by atoms with Gasteiger partial charge in [-0.2, -0.15) is 0 Å². The first-order chi connectivity index (χ1) is 9.11. The van der Waals surface area contributed by atoms with E-state index >= 15 is 0 Å². The Bertz CT molecular complexity index is 542. The molecular weight excluding hydrogens is 246 g/mol. The SMILES string of the molecule is COC(=O)c1cc(CNC(C)c2ccco2)oc1C. The molecule has 1 N–H and O–H groups in total. The van der Waals surface area contributed by atoms with Crippen LogP contribution in [0.5, 0.6) is 0 Å². The van der Waals surface area contributed by atoms with Crippen molar-refractivity contribution in [3.63, 3.8) is 0 Å². The number of rotatable bonds is 5. The Labute approximate surface area is 111 Å². The van der Waals surface area contributed by atoms with E-state index in [2.05, 4.69) is 10.1 Å². The molecule has 0 aliphatic carbocycles. The first kappa shape index (κ1) is 13.4. The van der Waals surface area contributed by atoms with Gasteiger partial charge in [0.1, 0.15) is 22.8 Å². The molecule has 0 spiro atoms. The topological polar surface area (TPSA) is 64.6 Å². The predicted molar refractivity (Wildman–Crippen MR) is 68.7 cm³/mol. The lowest BCUT2D eigenvalue weighted by Crippen LogP contribution is -2.17. The minimum Gasteiger partial charge on any atom is -0.468 e. The van der Waals surface area contributed by atoms with E-state index in [1.54, 1.807) is 19.3 Å².